The molecule has 2 rings (SSSR count). The summed E-state index contributed by atoms with van der Waals surface area (Å²) in [5.41, 5.74) is 0.480. The predicted octanol–water partition coefficient (Wildman–Crippen LogP) is 4.99. The highest BCUT2D eigenvalue weighted by Crippen LogP contribution is 2.36. The fraction of sp³-hybridized carbons (Fsp3) is 0.143. The van der Waals surface area contributed by atoms with Gasteiger partial charge in [-0.15, -0.1) is 0 Å². The van der Waals surface area contributed by atoms with Gasteiger partial charge in [0.15, 0.2) is 0 Å². The van der Waals surface area contributed by atoms with Gasteiger partial charge in [0.25, 0.3) is 0 Å². The third-order valence-electron chi connectivity index (χ3n) is 2.82. The van der Waals surface area contributed by atoms with Crippen LogP contribution in [-0.4, -0.2) is 12.2 Å². The van der Waals surface area contributed by atoms with Crippen LogP contribution in [0.25, 0.3) is 0 Å². The van der Waals surface area contributed by atoms with Crippen LogP contribution in [0.15, 0.2) is 34.8 Å². The predicted molar refractivity (Wildman–Crippen MR) is 81.2 cm³/mol. The maximum atomic E-state index is 14.0. The van der Waals surface area contributed by atoms with Gasteiger partial charge in [0, 0.05) is 20.6 Å². The van der Waals surface area contributed by atoms with Crippen molar-refractivity contribution in [3.63, 3.8) is 0 Å². The topological polar surface area (TPSA) is 29.5 Å². The third-order valence-corrected chi connectivity index (χ3v) is 4.26. The second-order valence-corrected chi connectivity index (χ2v) is 5.77. The van der Waals surface area contributed by atoms with Crippen molar-refractivity contribution < 1.29 is 14.2 Å². The molecule has 0 bridgehead atoms. The highest BCUT2D eigenvalue weighted by atomic mass is 79.9. The average Bonchev–Trinajstić information content (AvgIpc) is 2.42. The first kappa shape index (κ1) is 15.6. The molecule has 106 valence electrons. The van der Waals surface area contributed by atoms with E-state index in [0.29, 0.717) is 25.8 Å². The van der Waals surface area contributed by atoms with Crippen LogP contribution in [0.4, 0.5) is 4.39 Å². The summed E-state index contributed by atoms with van der Waals surface area (Å²) in [6, 6.07) is 7.32. The van der Waals surface area contributed by atoms with Crippen molar-refractivity contribution in [2.75, 3.05) is 7.11 Å². The fourth-order valence-electron chi connectivity index (χ4n) is 1.83. The van der Waals surface area contributed by atoms with Gasteiger partial charge >= 0.3 is 0 Å². The molecule has 0 aliphatic carbocycles. The summed E-state index contributed by atoms with van der Waals surface area (Å²) < 4.78 is 19.5. The average molecular weight is 380 g/mol. The molecule has 6 heteroatoms. The molecular weight excluding hydrogens is 370 g/mol. The Labute approximate surface area is 134 Å². The van der Waals surface area contributed by atoms with Gasteiger partial charge in [0.05, 0.1) is 12.1 Å². The highest BCUT2D eigenvalue weighted by Gasteiger charge is 2.20. The summed E-state index contributed by atoms with van der Waals surface area (Å²) in [5, 5.41) is 11.1. The van der Waals surface area contributed by atoms with E-state index >= 15 is 0 Å². The van der Waals surface area contributed by atoms with Gasteiger partial charge in [-0.1, -0.05) is 29.3 Å². The van der Waals surface area contributed by atoms with E-state index < -0.39 is 11.9 Å². The molecule has 2 nitrogen and oxygen atoms in total. The van der Waals surface area contributed by atoms with Gasteiger partial charge < -0.3 is 9.84 Å². The standard InChI is InChI=1S/C14H10BrCl2FO2/c1-20-13-4-7(16)2-3-8(13)14(19)9-5-11(17)10(15)6-12(9)18/h2-6,14,19H,1H3. The molecule has 0 saturated heterocycles. The number of aliphatic hydroxyl groups is 1. The van der Waals surface area contributed by atoms with Crippen LogP contribution in [0.3, 0.4) is 0 Å². The van der Waals surface area contributed by atoms with E-state index in [1.54, 1.807) is 18.2 Å². The molecular formula is C14H10BrCl2FO2. The zero-order chi connectivity index (χ0) is 14.9. The second-order valence-electron chi connectivity index (χ2n) is 4.08. The van der Waals surface area contributed by atoms with Gasteiger partial charge in [-0.3, -0.25) is 0 Å². The minimum absolute atomic E-state index is 0.0684. The number of halogens is 4. The van der Waals surface area contributed by atoms with Crippen LogP contribution >= 0.6 is 39.1 Å². The zero-order valence-corrected chi connectivity index (χ0v) is 13.4. The summed E-state index contributed by atoms with van der Waals surface area (Å²) in [6.07, 6.45) is -1.20. The molecule has 0 fully saturated rings. The molecule has 0 aliphatic heterocycles. The first-order chi connectivity index (χ1) is 9.43. The van der Waals surface area contributed by atoms with Crippen LogP contribution in [0.1, 0.15) is 17.2 Å². The molecule has 0 aromatic heterocycles. The molecule has 1 unspecified atom stereocenters. The molecule has 1 N–H and O–H groups in total. The number of benzene rings is 2. The Balaban J connectivity index is 2.51. The lowest BCUT2D eigenvalue weighted by atomic mass is 10.00. The number of rotatable bonds is 3. The van der Waals surface area contributed by atoms with Gasteiger partial charge in [0.1, 0.15) is 17.7 Å². The molecule has 0 radical (unpaired) electrons. The maximum Gasteiger partial charge on any atom is 0.130 e. The number of ether oxygens (including phenoxy) is 1. The van der Waals surface area contributed by atoms with Crippen molar-refractivity contribution in [3.05, 3.63) is 61.8 Å². The highest BCUT2D eigenvalue weighted by molar-refractivity contribution is 9.10. The van der Waals surface area contributed by atoms with Gasteiger partial charge in [-0.2, -0.15) is 0 Å². The SMILES string of the molecule is COc1cc(Cl)ccc1C(O)c1cc(Cl)c(Br)cc1F. The normalized spacial score (nSPS) is 12.3. The van der Waals surface area contributed by atoms with Gasteiger partial charge in [-0.05, 0) is 40.2 Å². The number of aliphatic hydroxyl groups excluding tert-OH is 1. The van der Waals surface area contributed by atoms with E-state index in [2.05, 4.69) is 15.9 Å². The van der Waals surface area contributed by atoms with Crippen LogP contribution in [0.5, 0.6) is 5.75 Å². The summed E-state index contributed by atoms with van der Waals surface area (Å²) in [7, 11) is 1.45. The summed E-state index contributed by atoms with van der Waals surface area (Å²) in [6.45, 7) is 0. The zero-order valence-electron chi connectivity index (χ0n) is 10.3. The van der Waals surface area contributed by atoms with Gasteiger partial charge in [0.2, 0.25) is 0 Å². The first-order valence-corrected chi connectivity index (χ1v) is 7.15. The maximum absolute atomic E-state index is 14.0. The van der Waals surface area contributed by atoms with Crippen molar-refractivity contribution in [3.8, 4) is 5.75 Å². The Hall–Kier alpha value is -0.810. The van der Waals surface area contributed by atoms with Crippen LogP contribution in [0.2, 0.25) is 10.0 Å². The molecule has 20 heavy (non-hydrogen) atoms. The molecule has 2 aromatic carbocycles. The molecule has 0 saturated carbocycles. The van der Waals surface area contributed by atoms with E-state index in [1.807, 2.05) is 0 Å². The Morgan fingerprint density at radius 3 is 2.55 bits per heavy atom. The molecule has 2 aromatic rings. The van der Waals surface area contributed by atoms with E-state index in [0.717, 1.165) is 0 Å². The fourth-order valence-corrected chi connectivity index (χ4v) is 2.48. The first-order valence-electron chi connectivity index (χ1n) is 5.60. The van der Waals surface area contributed by atoms with Crippen LogP contribution in [-0.2, 0) is 0 Å². The van der Waals surface area contributed by atoms with E-state index in [-0.39, 0.29) is 5.56 Å². The summed E-state index contributed by atoms with van der Waals surface area (Å²) in [4.78, 5) is 0. The molecule has 0 aliphatic rings. The number of methoxy groups -OCH3 is 1. The van der Waals surface area contributed by atoms with Gasteiger partial charge in [-0.25, -0.2) is 4.39 Å². The van der Waals surface area contributed by atoms with Crippen molar-refractivity contribution >= 4 is 39.1 Å². The molecule has 0 amide bonds. The Morgan fingerprint density at radius 2 is 1.90 bits per heavy atom. The Morgan fingerprint density at radius 1 is 1.20 bits per heavy atom. The van der Waals surface area contributed by atoms with E-state index in [9.17, 15) is 9.50 Å². The van der Waals surface area contributed by atoms with E-state index in [1.165, 1.54) is 19.2 Å². The smallest absolute Gasteiger partial charge is 0.130 e. The minimum atomic E-state index is -1.20. The minimum Gasteiger partial charge on any atom is -0.496 e. The van der Waals surface area contributed by atoms with Crippen LogP contribution in [0, 0.1) is 5.82 Å². The lowest BCUT2D eigenvalue weighted by Gasteiger charge is -2.16. The van der Waals surface area contributed by atoms with Crippen molar-refractivity contribution in [2.45, 2.75) is 6.10 Å². The number of hydrogen-bond donors (Lipinski definition) is 1. The Bertz CT molecular complexity index is 649. The largest absolute Gasteiger partial charge is 0.496 e. The second kappa shape index (κ2) is 6.31. The monoisotopic (exact) mass is 378 g/mol. The van der Waals surface area contributed by atoms with E-state index in [4.69, 9.17) is 27.9 Å². The number of hydrogen-bond acceptors (Lipinski definition) is 2. The lowest BCUT2D eigenvalue weighted by molar-refractivity contribution is 0.209. The lowest BCUT2D eigenvalue weighted by Crippen LogP contribution is -2.05. The molecule has 0 heterocycles. The van der Waals surface area contributed by atoms with Crippen molar-refractivity contribution in [1.82, 2.24) is 0 Å². The molecule has 1 atom stereocenters. The summed E-state index contributed by atoms with van der Waals surface area (Å²) in [5.74, 6) is -0.186. The molecule has 0 spiro atoms. The summed E-state index contributed by atoms with van der Waals surface area (Å²) >= 11 is 14.9. The third kappa shape index (κ3) is 3.09. The van der Waals surface area contributed by atoms with Crippen LogP contribution < -0.4 is 4.74 Å². The van der Waals surface area contributed by atoms with Crippen molar-refractivity contribution in [2.24, 2.45) is 0 Å². The Kier molecular flexibility index (Phi) is 4.91. The van der Waals surface area contributed by atoms with Crippen molar-refractivity contribution in [1.29, 1.82) is 0 Å². The quantitative estimate of drug-likeness (QED) is 0.761.